The first-order valence-corrected chi connectivity index (χ1v) is 9.45. The van der Waals surface area contributed by atoms with E-state index >= 15 is 0 Å². The van der Waals surface area contributed by atoms with Crippen LogP contribution in [0.2, 0.25) is 0 Å². The van der Waals surface area contributed by atoms with Crippen molar-refractivity contribution in [3.05, 3.63) is 78.4 Å². The van der Waals surface area contributed by atoms with Crippen molar-refractivity contribution in [1.82, 2.24) is 15.0 Å². The highest BCUT2D eigenvalue weighted by Gasteiger charge is 2.32. The quantitative estimate of drug-likeness (QED) is 0.272. The lowest BCUT2D eigenvalue weighted by Crippen LogP contribution is -2.07. The molecule has 0 saturated carbocycles. The monoisotopic (exact) mass is 456 g/mol. The molecule has 4 rings (SSSR count). The van der Waals surface area contributed by atoms with E-state index in [0.717, 1.165) is 12.3 Å². The Labute approximate surface area is 185 Å². The normalized spacial score (nSPS) is 11.3. The van der Waals surface area contributed by atoms with Crippen LogP contribution >= 0.6 is 0 Å². The maximum atomic E-state index is 13.8. The maximum Gasteiger partial charge on any atom is 0.433 e. The van der Waals surface area contributed by atoms with Crippen molar-refractivity contribution in [2.75, 3.05) is 16.8 Å². The van der Waals surface area contributed by atoms with Crippen molar-refractivity contribution >= 4 is 23.1 Å². The van der Waals surface area contributed by atoms with E-state index in [2.05, 4.69) is 20.3 Å². The number of anilines is 4. The lowest BCUT2D eigenvalue weighted by molar-refractivity contribution is -0.141. The molecule has 0 radical (unpaired) electrons. The highest BCUT2D eigenvalue weighted by atomic mass is 19.4. The second kappa shape index (κ2) is 8.61. The van der Waals surface area contributed by atoms with E-state index in [9.17, 15) is 17.6 Å². The number of hydrogen-bond donors (Lipinski definition) is 3. The van der Waals surface area contributed by atoms with Crippen LogP contribution in [0.4, 0.5) is 40.7 Å². The third-order valence-corrected chi connectivity index (χ3v) is 4.42. The van der Waals surface area contributed by atoms with E-state index in [-0.39, 0.29) is 17.4 Å². The van der Waals surface area contributed by atoms with Gasteiger partial charge in [-0.25, -0.2) is 9.37 Å². The topological polar surface area (TPSA) is 112 Å². The fourth-order valence-electron chi connectivity index (χ4n) is 2.88. The van der Waals surface area contributed by atoms with Gasteiger partial charge in [-0.2, -0.15) is 18.2 Å². The summed E-state index contributed by atoms with van der Waals surface area (Å²) in [5.41, 5.74) is 11.7. The predicted molar refractivity (Wildman–Crippen MR) is 115 cm³/mol. The first-order valence-electron chi connectivity index (χ1n) is 9.45. The average Bonchev–Trinajstić information content (AvgIpc) is 2.76. The zero-order valence-corrected chi connectivity index (χ0v) is 16.8. The highest BCUT2D eigenvalue weighted by Crippen LogP contribution is 2.31. The third kappa shape index (κ3) is 5.26. The van der Waals surface area contributed by atoms with Crippen molar-refractivity contribution in [3.63, 3.8) is 0 Å². The van der Waals surface area contributed by atoms with Crippen LogP contribution in [0.25, 0.3) is 11.3 Å². The number of benzene rings is 2. The van der Waals surface area contributed by atoms with E-state index in [0.29, 0.717) is 28.5 Å². The standard InChI is InChI=1S/C22H16F4N6O/c23-16-9-12(1-6-17(16)27)18-11-20(32-21(28)31-18)30-13-2-4-14(5-3-13)33-15-7-8-29-19(10-15)22(24,25)26/h1-11H,27H2,(H3,28,30,31,32). The molecule has 5 N–H and O–H groups in total. The summed E-state index contributed by atoms with van der Waals surface area (Å²) in [6.07, 6.45) is -3.54. The number of alkyl halides is 3. The van der Waals surface area contributed by atoms with Crippen molar-refractivity contribution in [2.45, 2.75) is 6.18 Å². The molecule has 0 aliphatic carbocycles. The minimum atomic E-state index is -4.57. The number of halogens is 4. The molecular formula is C22H16F4N6O. The number of pyridine rings is 1. The highest BCUT2D eigenvalue weighted by molar-refractivity contribution is 5.68. The molecule has 2 aromatic heterocycles. The predicted octanol–water partition coefficient (Wildman–Crippen LogP) is 5.40. The zero-order chi connectivity index (χ0) is 23.6. The van der Waals surface area contributed by atoms with Gasteiger partial charge in [-0.15, -0.1) is 0 Å². The number of ether oxygens (including phenoxy) is 1. The molecule has 0 aliphatic heterocycles. The minimum absolute atomic E-state index is 0.00183. The smallest absolute Gasteiger partial charge is 0.433 e. The minimum Gasteiger partial charge on any atom is -0.457 e. The Bertz CT molecular complexity index is 1300. The molecule has 2 heterocycles. The SMILES string of the molecule is Nc1nc(Nc2ccc(Oc3ccnc(C(F)(F)F)c3)cc2)cc(-c2ccc(N)c(F)c2)n1. The molecule has 7 nitrogen and oxygen atoms in total. The Morgan fingerprint density at radius 2 is 1.61 bits per heavy atom. The molecule has 0 aliphatic rings. The Balaban J connectivity index is 1.50. The summed E-state index contributed by atoms with van der Waals surface area (Å²) in [7, 11) is 0. The molecule has 33 heavy (non-hydrogen) atoms. The molecule has 0 spiro atoms. The van der Waals surface area contributed by atoms with Crippen LogP contribution in [0.3, 0.4) is 0 Å². The number of nitrogens with two attached hydrogens (primary N) is 2. The van der Waals surface area contributed by atoms with Crippen LogP contribution in [0.15, 0.2) is 66.9 Å². The summed E-state index contributed by atoms with van der Waals surface area (Å²) >= 11 is 0. The first kappa shape index (κ1) is 21.8. The molecule has 0 bridgehead atoms. The molecule has 11 heteroatoms. The number of rotatable bonds is 5. The van der Waals surface area contributed by atoms with Crippen molar-refractivity contribution < 1.29 is 22.3 Å². The Morgan fingerprint density at radius 1 is 0.848 bits per heavy atom. The molecule has 0 unspecified atom stereocenters. The summed E-state index contributed by atoms with van der Waals surface area (Å²) in [6.45, 7) is 0. The summed E-state index contributed by atoms with van der Waals surface area (Å²) in [6, 6.07) is 14.4. The van der Waals surface area contributed by atoms with Crippen LogP contribution in [0, 0.1) is 5.82 Å². The Hall–Kier alpha value is -4.41. The van der Waals surface area contributed by atoms with E-state index in [4.69, 9.17) is 16.2 Å². The first-order chi connectivity index (χ1) is 15.7. The van der Waals surface area contributed by atoms with Gasteiger partial charge >= 0.3 is 6.18 Å². The second-order valence-electron chi connectivity index (χ2n) is 6.86. The molecule has 0 atom stereocenters. The maximum absolute atomic E-state index is 13.8. The van der Waals surface area contributed by atoms with Crippen molar-refractivity contribution in [3.8, 4) is 22.8 Å². The van der Waals surface area contributed by atoms with E-state index < -0.39 is 17.7 Å². The summed E-state index contributed by atoms with van der Waals surface area (Å²) in [5, 5.41) is 3.04. The van der Waals surface area contributed by atoms with Gasteiger partial charge in [-0.3, -0.25) is 4.98 Å². The van der Waals surface area contributed by atoms with E-state index in [1.807, 2.05) is 0 Å². The fourth-order valence-corrected chi connectivity index (χ4v) is 2.88. The van der Waals surface area contributed by atoms with Gasteiger partial charge in [0, 0.05) is 29.6 Å². The van der Waals surface area contributed by atoms with Crippen molar-refractivity contribution in [1.29, 1.82) is 0 Å². The van der Waals surface area contributed by atoms with E-state index in [1.54, 1.807) is 36.4 Å². The summed E-state index contributed by atoms with van der Waals surface area (Å²) in [5.74, 6) is 0.0751. The summed E-state index contributed by atoms with van der Waals surface area (Å²) < 4.78 is 57.7. The number of aromatic nitrogens is 3. The molecule has 0 fully saturated rings. The Morgan fingerprint density at radius 3 is 2.30 bits per heavy atom. The molecule has 168 valence electrons. The van der Waals surface area contributed by atoms with Gasteiger partial charge in [0.05, 0.1) is 11.4 Å². The van der Waals surface area contributed by atoms with Gasteiger partial charge in [0.1, 0.15) is 28.8 Å². The third-order valence-electron chi connectivity index (χ3n) is 4.42. The molecule has 0 amide bonds. The zero-order valence-electron chi connectivity index (χ0n) is 16.8. The molecule has 2 aromatic carbocycles. The van der Waals surface area contributed by atoms with Crippen LogP contribution in [-0.2, 0) is 6.18 Å². The summed E-state index contributed by atoms with van der Waals surface area (Å²) in [4.78, 5) is 11.5. The number of nitrogens with zero attached hydrogens (tertiary/aromatic N) is 3. The average molecular weight is 456 g/mol. The van der Waals surface area contributed by atoms with Crippen LogP contribution in [-0.4, -0.2) is 15.0 Å². The van der Waals surface area contributed by atoms with Gasteiger partial charge in [-0.1, -0.05) is 6.07 Å². The van der Waals surface area contributed by atoms with Crippen LogP contribution < -0.4 is 21.5 Å². The molecule has 4 aromatic rings. The van der Waals surface area contributed by atoms with Crippen molar-refractivity contribution in [2.24, 2.45) is 0 Å². The van der Waals surface area contributed by atoms with Crippen LogP contribution in [0.1, 0.15) is 5.69 Å². The van der Waals surface area contributed by atoms with Gasteiger partial charge in [0.2, 0.25) is 5.95 Å². The van der Waals surface area contributed by atoms with Gasteiger partial charge in [0.25, 0.3) is 0 Å². The number of nitrogens with one attached hydrogen (secondary N) is 1. The number of hydrogen-bond acceptors (Lipinski definition) is 7. The van der Waals surface area contributed by atoms with Crippen LogP contribution in [0.5, 0.6) is 11.5 Å². The number of nitrogen functional groups attached to an aromatic ring is 2. The van der Waals surface area contributed by atoms with Gasteiger partial charge in [0.15, 0.2) is 0 Å². The lowest BCUT2D eigenvalue weighted by atomic mass is 10.1. The van der Waals surface area contributed by atoms with E-state index in [1.165, 1.54) is 18.2 Å². The largest absolute Gasteiger partial charge is 0.457 e. The second-order valence-corrected chi connectivity index (χ2v) is 6.86. The Kier molecular flexibility index (Phi) is 5.69. The lowest BCUT2D eigenvalue weighted by Gasteiger charge is -2.11. The molecule has 0 saturated heterocycles. The van der Waals surface area contributed by atoms with Gasteiger partial charge in [-0.05, 0) is 42.5 Å². The van der Waals surface area contributed by atoms with Gasteiger partial charge < -0.3 is 21.5 Å². The molecular weight excluding hydrogens is 440 g/mol. The fraction of sp³-hybridized carbons (Fsp3) is 0.0455.